The quantitative estimate of drug-likeness (QED) is 0.743. The van der Waals surface area contributed by atoms with Gasteiger partial charge >= 0.3 is 0 Å². The Morgan fingerprint density at radius 3 is 2.92 bits per heavy atom. The highest BCUT2D eigenvalue weighted by atomic mass is 32.2. The van der Waals surface area contributed by atoms with Gasteiger partial charge in [0.05, 0.1) is 28.8 Å². The standard InChI is InChI=1S/C18H15FN4O2S/c19-13-6-1-2-7-14(13)21-17(24)15-9-26-10-23(15)18(25)12-5-3-4-11-8-20-22-16(11)12/h1-8,15H,9-10H2,(H,20,22)(H,21,24)/t15-/m1/s1. The van der Waals surface area contributed by atoms with Gasteiger partial charge in [0.15, 0.2) is 0 Å². The molecular formula is C18H15FN4O2S. The lowest BCUT2D eigenvalue weighted by molar-refractivity contribution is -0.119. The van der Waals surface area contributed by atoms with Crippen LogP contribution in [0.15, 0.2) is 48.7 Å². The van der Waals surface area contributed by atoms with Crippen molar-refractivity contribution in [1.82, 2.24) is 15.1 Å². The molecule has 2 amide bonds. The van der Waals surface area contributed by atoms with Crippen LogP contribution in [0.2, 0.25) is 0 Å². The maximum atomic E-state index is 13.8. The molecule has 6 nitrogen and oxygen atoms in total. The van der Waals surface area contributed by atoms with E-state index in [2.05, 4.69) is 15.5 Å². The van der Waals surface area contributed by atoms with Crippen LogP contribution >= 0.6 is 11.8 Å². The van der Waals surface area contributed by atoms with Crippen LogP contribution < -0.4 is 5.32 Å². The first kappa shape index (κ1) is 16.6. The summed E-state index contributed by atoms with van der Waals surface area (Å²) in [6.07, 6.45) is 1.65. The van der Waals surface area contributed by atoms with Crippen molar-refractivity contribution in [2.45, 2.75) is 6.04 Å². The van der Waals surface area contributed by atoms with Crippen LogP contribution in [-0.4, -0.2) is 44.6 Å². The molecule has 0 radical (unpaired) electrons. The van der Waals surface area contributed by atoms with Crippen molar-refractivity contribution in [3.63, 3.8) is 0 Å². The van der Waals surface area contributed by atoms with Gasteiger partial charge in [-0.05, 0) is 18.2 Å². The van der Waals surface area contributed by atoms with Gasteiger partial charge in [0.1, 0.15) is 11.9 Å². The molecule has 132 valence electrons. The molecule has 8 heteroatoms. The number of nitrogens with one attached hydrogen (secondary N) is 2. The molecule has 0 bridgehead atoms. The average Bonchev–Trinajstić information content (AvgIpc) is 3.31. The zero-order valence-electron chi connectivity index (χ0n) is 13.6. The van der Waals surface area contributed by atoms with Crippen LogP contribution in [0.1, 0.15) is 10.4 Å². The minimum absolute atomic E-state index is 0.109. The number of rotatable bonds is 3. The van der Waals surface area contributed by atoms with Gasteiger partial charge in [-0.25, -0.2) is 4.39 Å². The van der Waals surface area contributed by atoms with E-state index in [4.69, 9.17) is 0 Å². The summed E-state index contributed by atoms with van der Waals surface area (Å²) in [6.45, 7) is 0. The van der Waals surface area contributed by atoms with Crippen LogP contribution in [0.5, 0.6) is 0 Å². The van der Waals surface area contributed by atoms with E-state index in [0.717, 1.165) is 5.39 Å². The summed E-state index contributed by atoms with van der Waals surface area (Å²) in [5.74, 6) is -0.292. The summed E-state index contributed by atoms with van der Waals surface area (Å²) >= 11 is 1.49. The highest BCUT2D eigenvalue weighted by Gasteiger charge is 2.36. The van der Waals surface area contributed by atoms with Gasteiger partial charge in [-0.1, -0.05) is 24.3 Å². The Morgan fingerprint density at radius 1 is 1.23 bits per heavy atom. The lowest BCUT2D eigenvalue weighted by atomic mass is 10.1. The van der Waals surface area contributed by atoms with Crippen molar-refractivity contribution >= 4 is 40.2 Å². The second-order valence-corrected chi connectivity index (χ2v) is 6.90. The Kier molecular flexibility index (Phi) is 4.34. The lowest BCUT2D eigenvalue weighted by Gasteiger charge is -2.23. The van der Waals surface area contributed by atoms with E-state index in [1.165, 1.54) is 28.8 Å². The van der Waals surface area contributed by atoms with Crippen molar-refractivity contribution in [3.8, 4) is 0 Å². The third-order valence-electron chi connectivity index (χ3n) is 4.28. The van der Waals surface area contributed by atoms with Gasteiger partial charge in [0.2, 0.25) is 5.91 Å². The molecule has 1 fully saturated rings. The Morgan fingerprint density at radius 2 is 2.08 bits per heavy atom. The molecule has 1 aliphatic rings. The SMILES string of the molecule is O=C(Nc1ccccc1F)[C@H]1CSCN1C(=O)c1cccc2cn[nH]c12. The Labute approximate surface area is 152 Å². The monoisotopic (exact) mass is 370 g/mol. The van der Waals surface area contributed by atoms with Gasteiger partial charge in [-0.15, -0.1) is 11.8 Å². The van der Waals surface area contributed by atoms with Gasteiger partial charge in [-0.3, -0.25) is 14.7 Å². The molecule has 0 unspecified atom stereocenters. The summed E-state index contributed by atoms with van der Waals surface area (Å²) in [7, 11) is 0. The van der Waals surface area contributed by atoms with Gasteiger partial charge in [0.25, 0.3) is 5.91 Å². The molecule has 3 aromatic rings. The van der Waals surface area contributed by atoms with Crippen molar-refractivity contribution in [2.75, 3.05) is 16.9 Å². The number of anilines is 1. The predicted octanol–water partition coefficient (Wildman–Crippen LogP) is 2.86. The van der Waals surface area contributed by atoms with Crippen molar-refractivity contribution < 1.29 is 14.0 Å². The van der Waals surface area contributed by atoms with Crippen LogP contribution in [0, 0.1) is 5.82 Å². The number of carbonyl (C=O) groups is 2. The summed E-state index contributed by atoms with van der Waals surface area (Å²) in [6, 6.07) is 10.6. The molecule has 1 aliphatic heterocycles. The van der Waals surface area contributed by atoms with Gasteiger partial charge < -0.3 is 10.2 Å². The molecule has 0 saturated carbocycles. The molecule has 1 saturated heterocycles. The van der Waals surface area contributed by atoms with E-state index in [9.17, 15) is 14.0 Å². The molecule has 26 heavy (non-hydrogen) atoms. The summed E-state index contributed by atoms with van der Waals surface area (Å²) in [5, 5.41) is 10.2. The minimum atomic E-state index is -0.662. The number of H-pyrrole nitrogens is 1. The molecule has 2 aromatic carbocycles. The van der Waals surface area contributed by atoms with Crippen molar-refractivity contribution in [3.05, 3.63) is 60.0 Å². The topological polar surface area (TPSA) is 78.1 Å². The third kappa shape index (κ3) is 2.92. The summed E-state index contributed by atoms with van der Waals surface area (Å²) in [5.41, 5.74) is 1.21. The van der Waals surface area contributed by atoms with Crippen LogP contribution in [0.4, 0.5) is 10.1 Å². The highest BCUT2D eigenvalue weighted by molar-refractivity contribution is 7.99. The summed E-state index contributed by atoms with van der Waals surface area (Å²) in [4.78, 5) is 27.1. The van der Waals surface area contributed by atoms with E-state index in [1.807, 2.05) is 6.07 Å². The number of aromatic nitrogens is 2. The Bertz CT molecular complexity index is 990. The highest BCUT2D eigenvalue weighted by Crippen LogP contribution is 2.27. The van der Waals surface area contributed by atoms with E-state index < -0.39 is 17.8 Å². The first-order chi connectivity index (χ1) is 12.6. The van der Waals surface area contributed by atoms with E-state index >= 15 is 0 Å². The number of nitrogens with zero attached hydrogens (tertiary/aromatic N) is 2. The van der Waals surface area contributed by atoms with Crippen molar-refractivity contribution in [2.24, 2.45) is 0 Å². The van der Waals surface area contributed by atoms with Crippen LogP contribution in [-0.2, 0) is 4.79 Å². The largest absolute Gasteiger partial charge is 0.322 e. The molecule has 4 rings (SSSR count). The molecule has 1 aromatic heterocycles. The number of carbonyl (C=O) groups excluding carboxylic acids is 2. The van der Waals surface area contributed by atoms with Gasteiger partial charge in [0, 0.05) is 11.1 Å². The molecular weight excluding hydrogens is 355 g/mol. The maximum Gasteiger partial charge on any atom is 0.257 e. The maximum absolute atomic E-state index is 13.8. The van der Waals surface area contributed by atoms with Crippen LogP contribution in [0.3, 0.4) is 0 Å². The fraction of sp³-hybridized carbons (Fsp3) is 0.167. The second kappa shape index (κ2) is 6.80. The molecule has 0 aliphatic carbocycles. The molecule has 1 atom stereocenters. The number of thioether (sulfide) groups is 1. The second-order valence-electron chi connectivity index (χ2n) is 5.90. The van der Waals surface area contributed by atoms with Gasteiger partial charge in [-0.2, -0.15) is 5.10 Å². The number of fused-ring (bicyclic) bond motifs is 1. The number of benzene rings is 2. The van der Waals surface area contributed by atoms with E-state index in [0.29, 0.717) is 22.7 Å². The number of para-hydroxylation sites is 2. The molecule has 2 N–H and O–H groups in total. The Balaban J connectivity index is 1.58. The number of aromatic amines is 1. The summed E-state index contributed by atoms with van der Waals surface area (Å²) < 4.78 is 13.8. The first-order valence-electron chi connectivity index (χ1n) is 8.01. The van der Waals surface area contributed by atoms with Crippen LogP contribution in [0.25, 0.3) is 10.9 Å². The fourth-order valence-corrected chi connectivity index (χ4v) is 4.09. The molecule has 0 spiro atoms. The number of hydrogen-bond acceptors (Lipinski definition) is 4. The van der Waals surface area contributed by atoms with E-state index in [1.54, 1.807) is 30.5 Å². The number of halogens is 1. The zero-order valence-corrected chi connectivity index (χ0v) is 14.4. The Hall–Kier alpha value is -2.87. The van der Waals surface area contributed by atoms with Crippen molar-refractivity contribution in [1.29, 1.82) is 0 Å². The minimum Gasteiger partial charge on any atom is -0.322 e. The zero-order chi connectivity index (χ0) is 18.1. The normalized spacial score (nSPS) is 16.8. The lowest BCUT2D eigenvalue weighted by Crippen LogP contribution is -2.44. The number of amides is 2. The predicted molar refractivity (Wildman–Crippen MR) is 98.4 cm³/mol. The van der Waals surface area contributed by atoms with E-state index in [-0.39, 0.29) is 11.6 Å². The third-order valence-corrected chi connectivity index (χ3v) is 5.30. The first-order valence-corrected chi connectivity index (χ1v) is 9.17. The smallest absolute Gasteiger partial charge is 0.257 e. The average molecular weight is 370 g/mol. The number of hydrogen-bond donors (Lipinski definition) is 2. The molecule has 2 heterocycles. The fourth-order valence-electron chi connectivity index (χ4n) is 2.94.